The fourth-order valence-electron chi connectivity index (χ4n) is 9.21. The Labute approximate surface area is 206 Å². The van der Waals surface area contributed by atoms with Gasteiger partial charge in [0.1, 0.15) is 0 Å². The van der Waals surface area contributed by atoms with Crippen molar-refractivity contribution >= 4 is 21.3 Å². The van der Waals surface area contributed by atoms with Gasteiger partial charge >= 0.3 is 5.97 Å². The number of carboxylic acid groups (broad SMARTS) is 1. The summed E-state index contributed by atoms with van der Waals surface area (Å²) in [7, 11) is 2.36. The molecule has 12 atom stereocenters. The van der Waals surface area contributed by atoms with Crippen molar-refractivity contribution in [1.29, 1.82) is 0 Å². The number of nitrogens with one attached hydrogen (secondary N) is 2. The van der Waals surface area contributed by atoms with E-state index in [4.69, 9.17) is 5.11 Å². The van der Waals surface area contributed by atoms with Crippen molar-refractivity contribution in [2.24, 2.45) is 46.3 Å². The smallest absolute Gasteiger partial charge is 0.303 e. The number of carboxylic acids is 1. The molecule has 0 spiro atoms. The molecule has 34 heavy (non-hydrogen) atoms. The number of aliphatic carboxylic acids is 1. The molecular formula is C26H45N2O5P. The van der Waals surface area contributed by atoms with Crippen molar-refractivity contribution < 1.29 is 24.9 Å². The van der Waals surface area contributed by atoms with E-state index in [1.54, 1.807) is 0 Å². The number of carbonyl (C=O) groups is 2. The Morgan fingerprint density at radius 3 is 2.50 bits per heavy atom. The molecule has 7 nitrogen and oxygen atoms in total. The third-order valence-corrected chi connectivity index (χ3v) is 11.2. The van der Waals surface area contributed by atoms with Crippen molar-refractivity contribution in [3.8, 4) is 0 Å². The Kier molecular flexibility index (Phi) is 7.70. The molecule has 8 heteroatoms. The van der Waals surface area contributed by atoms with E-state index in [0.29, 0.717) is 18.3 Å². The van der Waals surface area contributed by atoms with Crippen molar-refractivity contribution in [1.82, 2.24) is 10.4 Å². The van der Waals surface area contributed by atoms with Crippen molar-refractivity contribution in [2.75, 3.05) is 6.54 Å². The molecule has 4 aliphatic rings. The second-order valence-electron chi connectivity index (χ2n) is 12.4. The Morgan fingerprint density at radius 1 is 1.09 bits per heavy atom. The first-order chi connectivity index (χ1) is 16.0. The lowest BCUT2D eigenvalue weighted by Gasteiger charge is -2.63. The number of hydrogen-bond donors (Lipinski definition) is 5. The summed E-state index contributed by atoms with van der Waals surface area (Å²) < 4.78 is 0. The van der Waals surface area contributed by atoms with Crippen LogP contribution in [0, 0.1) is 46.3 Å². The summed E-state index contributed by atoms with van der Waals surface area (Å²) in [5.74, 6) is 0.890. The predicted molar refractivity (Wildman–Crippen MR) is 134 cm³/mol. The second kappa shape index (κ2) is 9.95. The number of amides is 1. The van der Waals surface area contributed by atoms with Gasteiger partial charge < -0.3 is 20.6 Å². The van der Waals surface area contributed by atoms with Gasteiger partial charge in [-0.25, -0.2) is 0 Å². The molecule has 1 unspecified atom stereocenters. The fourth-order valence-corrected chi connectivity index (χ4v) is 9.39. The van der Waals surface area contributed by atoms with Crippen LogP contribution < -0.4 is 10.4 Å². The third kappa shape index (κ3) is 4.44. The van der Waals surface area contributed by atoms with E-state index in [1.165, 1.54) is 0 Å². The second-order valence-corrected chi connectivity index (χ2v) is 12.8. The Hall–Kier alpha value is -0.750. The van der Waals surface area contributed by atoms with Crippen molar-refractivity contribution in [2.45, 2.75) is 96.8 Å². The summed E-state index contributed by atoms with van der Waals surface area (Å²) in [6, 6.07) is 0.150. The molecule has 0 aromatic carbocycles. The molecule has 4 rings (SSSR count). The quantitative estimate of drug-likeness (QED) is 0.346. The van der Waals surface area contributed by atoms with Gasteiger partial charge in [0.15, 0.2) is 0 Å². The van der Waals surface area contributed by atoms with Crippen molar-refractivity contribution in [3.63, 3.8) is 0 Å². The third-order valence-electron chi connectivity index (χ3n) is 11.0. The maximum absolute atomic E-state index is 12.1. The monoisotopic (exact) mass is 496 g/mol. The summed E-state index contributed by atoms with van der Waals surface area (Å²) in [6.07, 6.45) is 6.38. The van der Waals surface area contributed by atoms with E-state index in [-0.39, 0.29) is 65.5 Å². The van der Waals surface area contributed by atoms with Crippen LogP contribution in [0.5, 0.6) is 0 Å². The average molecular weight is 497 g/mol. The Balaban J connectivity index is 1.52. The van der Waals surface area contributed by atoms with E-state index < -0.39 is 12.1 Å². The molecule has 0 radical (unpaired) electrons. The highest BCUT2D eigenvalue weighted by Gasteiger charge is 2.65. The van der Waals surface area contributed by atoms with Gasteiger partial charge in [-0.3, -0.25) is 14.7 Å². The summed E-state index contributed by atoms with van der Waals surface area (Å²) in [5, 5.41) is 38.3. The molecule has 4 saturated carbocycles. The standard InChI is InChI=1S/C26H45N2O5P/c1-14(4-7-23(32)33)17-5-6-18-24-19(12-21(30)26(17,18)3)25(2)9-8-16(28-22(31)13-27-34)10-15(25)11-20(24)29/h14-21,24,27,29-30H,4-13,34H2,1-3H3,(H,28,31)(H,32,33)/t14-,15+,16+,17-,18+,19+,20-,21+,24+,25+,26-/m1/s1. The highest BCUT2D eigenvalue weighted by molar-refractivity contribution is 7.13. The molecular weight excluding hydrogens is 451 g/mol. The number of carbonyl (C=O) groups excluding carboxylic acids is 1. The summed E-state index contributed by atoms with van der Waals surface area (Å²) in [5.41, 5.74) is -0.196. The first-order valence-corrected chi connectivity index (χ1v) is 13.9. The predicted octanol–water partition coefficient (Wildman–Crippen LogP) is 2.95. The molecule has 1 amide bonds. The Morgan fingerprint density at radius 2 is 1.82 bits per heavy atom. The van der Waals surface area contributed by atoms with E-state index in [1.807, 2.05) is 0 Å². The van der Waals surface area contributed by atoms with Gasteiger partial charge in [-0.2, -0.15) is 0 Å². The molecule has 5 N–H and O–H groups in total. The Bertz CT molecular complexity index is 782. The van der Waals surface area contributed by atoms with Gasteiger partial charge in [-0.15, -0.1) is 0 Å². The largest absolute Gasteiger partial charge is 0.481 e. The SMILES string of the molecule is C[C@H](CCC(=O)O)[C@H]1CC[C@H]2[C@@H]3[C@H](O)C[C@@H]4C[C@@H](NC(=O)CNP)CC[C@]4(C)[C@H]3C[C@H](O)[C@]12C. The molecule has 194 valence electrons. The normalized spacial score (nSPS) is 46.6. The van der Waals surface area contributed by atoms with Crippen LogP contribution in [0.3, 0.4) is 0 Å². The number of aliphatic hydroxyl groups excluding tert-OH is 2. The topological polar surface area (TPSA) is 119 Å². The molecule has 0 bridgehead atoms. The van der Waals surface area contributed by atoms with E-state index in [9.17, 15) is 19.8 Å². The number of aliphatic hydroxyl groups is 2. The molecule has 0 aliphatic heterocycles. The fraction of sp³-hybridized carbons (Fsp3) is 0.923. The summed E-state index contributed by atoms with van der Waals surface area (Å²) in [6.45, 7) is 7.04. The molecule has 4 aliphatic carbocycles. The zero-order valence-corrected chi connectivity index (χ0v) is 22.2. The van der Waals surface area contributed by atoms with Crippen LogP contribution in [0.25, 0.3) is 0 Å². The highest BCUT2D eigenvalue weighted by Crippen LogP contribution is 2.68. The number of fused-ring (bicyclic) bond motifs is 5. The summed E-state index contributed by atoms with van der Waals surface area (Å²) in [4.78, 5) is 23.3. The minimum atomic E-state index is -0.755. The van der Waals surface area contributed by atoms with Crippen LogP contribution in [0.4, 0.5) is 0 Å². The van der Waals surface area contributed by atoms with Crippen LogP contribution in [0.2, 0.25) is 0 Å². The maximum Gasteiger partial charge on any atom is 0.303 e. The lowest BCUT2D eigenvalue weighted by Crippen LogP contribution is -2.63. The minimum Gasteiger partial charge on any atom is -0.481 e. The van der Waals surface area contributed by atoms with Crippen LogP contribution in [0.1, 0.15) is 78.6 Å². The van der Waals surface area contributed by atoms with Gasteiger partial charge in [0.2, 0.25) is 5.91 Å². The molecule has 0 saturated heterocycles. The number of rotatable bonds is 7. The minimum absolute atomic E-state index is 0.00991. The van der Waals surface area contributed by atoms with Gasteiger partial charge in [0.25, 0.3) is 0 Å². The van der Waals surface area contributed by atoms with Gasteiger partial charge in [-0.1, -0.05) is 30.2 Å². The van der Waals surface area contributed by atoms with Crippen LogP contribution in [-0.2, 0) is 9.59 Å². The lowest BCUT2D eigenvalue weighted by molar-refractivity contribution is -0.202. The van der Waals surface area contributed by atoms with Gasteiger partial charge in [0, 0.05) is 12.5 Å². The number of hydrogen-bond acceptors (Lipinski definition) is 5. The zero-order valence-electron chi connectivity index (χ0n) is 21.0. The van der Waals surface area contributed by atoms with Crippen LogP contribution in [-0.4, -0.2) is 52.0 Å². The first kappa shape index (κ1) is 26.3. The van der Waals surface area contributed by atoms with Crippen LogP contribution in [0.15, 0.2) is 0 Å². The lowest BCUT2D eigenvalue weighted by atomic mass is 9.43. The maximum atomic E-state index is 12.1. The highest BCUT2D eigenvalue weighted by atomic mass is 31.0. The van der Waals surface area contributed by atoms with E-state index in [2.05, 4.69) is 40.6 Å². The average Bonchev–Trinajstić information content (AvgIpc) is 3.12. The molecule has 0 heterocycles. The van der Waals surface area contributed by atoms with Gasteiger partial charge in [-0.05, 0) is 97.7 Å². The van der Waals surface area contributed by atoms with E-state index >= 15 is 0 Å². The zero-order chi connectivity index (χ0) is 24.8. The van der Waals surface area contributed by atoms with Gasteiger partial charge in [0.05, 0.1) is 18.8 Å². The first-order valence-electron chi connectivity index (χ1n) is 13.3. The molecule has 4 fully saturated rings. The summed E-state index contributed by atoms with van der Waals surface area (Å²) >= 11 is 0. The van der Waals surface area contributed by atoms with Crippen molar-refractivity contribution in [3.05, 3.63) is 0 Å². The molecule has 0 aromatic heterocycles. The van der Waals surface area contributed by atoms with Crippen LogP contribution >= 0.6 is 9.39 Å². The molecule has 0 aromatic rings. The van der Waals surface area contributed by atoms with E-state index in [0.717, 1.165) is 44.9 Å².